The highest BCUT2D eigenvalue weighted by molar-refractivity contribution is 5.71. The van der Waals surface area contributed by atoms with Crippen LogP contribution in [-0.2, 0) is 12.8 Å². The molecule has 2 nitrogen and oxygen atoms in total. The zero-order valence-electron chi connectivity index (χ0n) is 16.9. The van der Waals surface area contributed by atoms with E-state index in [9.17, 15) is 0 Å². The predicted molar refractivity (Wildman–Crippen MR) is 116 cm³/mol. The van der Waals surface area contributed by atoms with Crippen LogP contribution in [0, 0.1) is 5.92 Å². The second-order valence-electron chi connectivity index (χ2n) is 8.36. The molecule has 1 atom stereocenters. The largest absolute Gasteiger partial charge is 0.341 e. The van der Waals surface area contributed by atoms with E-state index in [2.05, 4.69) is 65.3 Å². The molecule has 2 aliphatic heterocycles. The third-order valence-electron chi connectivity index (χ3n) is 6.38. The number of nitrogens with zero attached hydrogens (tertiary/aromatic N) is 2. The molecule has 4 rings (SSSR count). The van der Waals surface area contributed by atoms with Crippen LogP contribution in [0.25, 0.3) is 0 Å². The highest BCUT2D eigenvalue weighted by Crippen LogP contribution is 2.36. The summed E-state index contributed by atoms with van der Waals surface area (Å²) in [4.78, 5) is 5.31. The lowest BCUT2D eigenvalue weighted by Gasteiger charge is -2.34. The van der Waals surface area contributed by atoms with E-state index in [0.29, 0.717) is 0 Å². The molecule has 0 aromatic heterocycles. The molecule has 2 aromatic carbocycles. The van der Waals surface area contributed by atoms with Crippen molar-refractivity contribution in [2.24, 2.45) is 5.92 Å². The number of fused-ring (bicyclic) bond motifs is 2. The molecule has 2 heterocycles. The van der Waals surface area contributed by atoms with Crippen LogP contribution in [0.2, 0.25) is 0 Å². The number of anilines is 2. The first kappa shape index (κ1) is 18.6. The van der Waals surface area contributed by atoms with Gasteiger partial charge in [-0.25, -0.2) is 0 Å². The van der Waals surface area contributed by atoms with Crippen LogP contribution < -0.4 is 4.90 Å². The summed E-state index contributed by atoms with van der Waals surface area (Å²) in [5.41, 5.74) is 5.83. The van der Waals surface area contributed by atoms with Crippen molar-refractivity contribution in [1.29, 1.82) is 0 Å². The van der Waals surface area contributed by atoms with E-state index in [-0.39, 0.29) is 0 Å². The van der Waals surface area contributed by atoms with Gasteiger partial charge in [-0.2, -0.15) is 0 Å². The van der Waals surface area contributed by atoms with Gasteiger partial charge in [0.1, 0.15) is 0 Å². The summed E-state index contributed by atoms with van der Waals surface area (Å²) in [5, 5.41) is 0. The lowest BCUT2D eigenvalue weighted by atomic mass is 9.93. The average Bonchev–Trinajstić information content (AvgIpc) is 2.86. The van der Waals surface area contributed by atoms with E-state index in [1.165, 1.54) is 74.2 Å². The second-order valence-corrected chi connectivity index (χ2v) is 8.36. The molecule has 1 unspecified atom stereocenters. The Balaban J connectivity index is 1.45. The Kier molecular flexibility index (Phi) is 6.14. The molecular formula is C25H34N2. The molecule has 0 N–H and O–H groups in total. The number of piperidine rings is 1. The van der Waals surface area contributed by atoms with Crippen molar-refractivity contribution >= 4 is 11.4 Å². The topological polar surface area (TPSA) is 6.48 Å². The summed E-state index contributed by atoms with van der Waals surface area (Å²) < 4.78 is 0. The number of hydrogen-bond acceptors (Lipinski definition) is 2. The number of likely N-dealkylation sites (tertiary alicyclic amines) is 1. The van der Waals surface area contributed by atoms with Crippen LogP contribution in [0.15, 0.2) is 48.5 Å². The van der Waals surface area contributed by atoms with Crippen LogP contribution in [-0.4, -0.2) is 31.1 Å². The maximum Gasteiger partial charge on any atom is 0.0443 e. The minimum Gasteiger partial charge on any atom is -0.341 e. The summed E-state index contributed by atoms with van der Waals surface area (Å²) in [6.07, 6.45) is 9.10. The molecule has 0 spiro atoms. The first-order valence-electron chi connectivity index (χ1n) is 11.0. The van der Waals surface area contributed by atoms with Gasteiger partial charge >= 0.3 is 0 Å². The molecule has 27 heavy (non-hydrogen) atoms. The molecule has 144 valence electrons. The van der Waals surface area contributed by atoms with E-state index in [1.54, 1.807) is 0 Å². The fourth-order valence-electron chi connectivity index (χ4n) is 5.06. The van der Waals surface area contributed by atoms with Gasteiger partial charge in [-0.05, 0) is 80.8 Å². The fraction of sp³-hybridized carbons (Fsp3) is 0.520. The van der Waals surface area contributed by atoms with Crippen molar-refractivity contribution in [2.75, 3.05) is 31.1 Å². The van der Waals surface area contributed by atoms with Gasteiger partial charge in [-0.15, -0.1) is 0 Å². The Bertz CT molecular complexity index is 689. The minimum absolute atomic E-state index is 0.934. The van der Waals surface area contributed by atoms with Crippen LogP contribution in [0.3, 0.4) is 0 Å². The normalized spacial score (nSPS) is 20.0. The Morgan fingerprint density at radius 2 is 1.56 bits per heavy atom. The maximum absolute atomic E-state index is 2.72. The van der Waals surface area contributed by atoms with Crippen molar-refractivity contribution in [1.82, 2.24) is 4.90 Å². The number of benzene rings is 2. The van der Waals surface area contributed by atoms with Crippen LogP contribution in [0.5, 0.6) is 0 Å². The second kappa shape index (κ2) is 8.93. The van der Waals surface area contributed by atoms with Crippen LogP contribution >= 0.6 is 0 Å². The third-order valence-corrected chi connectivity index (χ3v) is 6.38. The quantitative estimate of drug-likeness (QED) is 0.638. The fourth-order valence-corrected chi connectivity index (χ4v) is 5.06. The standard InChI is InChI=1S/C25H34N2/c1-2-9-21-10-7-17-26(20-21)18-8-19-27-24-13-5-3-11-22(24)15-16-23-12-4-6-14-25(23)27/h3-6,11-14,21H,2,7-10,15-20H2,1H3. The molecular weight excluding hydrogens is 328 g/mol. The Labute approximate surface area is 165 Å². The van der Waals surface area contributed by atoms with E-state index in [4.69, 9.17) is 0 Å². The molecule has 2 aromatic rings. The lowest BCUT2D eigenvalue weighted by molar-refractivity contribution is 0.167. The molecule has 2 heteroatoms. The van der Waals surface area contributed by atoms with Gasteiger partial charge in [-0.3, -0.25) is 0 Å². The zero-order chi connectivity index (χ0) is 18.5. The Morgan fingerprint density at radius 1 is 0.889 bits per heavy atom. The van der Waals surface area contributed by atoms with Crippen LogP contribution in [0.1, 0.15) is 50.2 Å². The van der Waals surface area contributed by atoms with Gasteiger partial charge in [-0.1, -0.05) is 49.7 Å². The number of aryl methyl sites for hydroxylation is 2. The first-order valence-corrected chi connectivity index (χ1v) is 11.0. The van der Waals surface area contributed by atoms with Crippen molar-refractivity contribution in [3.63, 3.8) is 0 Å². The van der Waals surface area contributed by atoms with E-state index >= 15 is 0 Å². The van der Waals surface area contributed by atoms with Crippen molar-refractivity contribution in [3.05, 3.63) is 59.7 Å². The molecule has 0 radical (unpaired) electrons. The van der Waals surface area contributed by atoms with Crippen LogP contribution in [0.4, 0.5) is 11.4 Å². The summed E-state index contributed by atoms with van der Waals surface area (Å²) in [6.45, 7) is 7.30. The first-order chi connectivity index (χ1) is 13.3. The molecule has 1 fully saturated rings. The summed E-state index contributed by atoms with van der Waals surface area (Å²) in [6, 6.07) is 18.0. The Morgan fingerprint density at radius 3 is 2.22 bits per heavy atom. The van der Waals surface area contributed by atoms with Gasteiger partial charge in [0, 0.05) is 24.5 Å². The number of hydrogen-bond donors (Lipinski definition) is 0. The molecule has 2 aliphatic rings. The molecule has 1 saturated heterocycles. The van der Waals surface area contributed by atoms with Gasteiger partial charge in [0.2, 0.25) is 0 Å². The van der Waals surface area contributed by atoms with Gasteiger partial charge < -0.3 is 9.80 Å². The van der Waals surface area contributed by atoms with Crippen molar-refractivity contribution < 1.29 is 0 Å². The molecule has 0 bridgehead atoms. The molecule has 0 amide bonds. The van der Waals surface area contributed by atoms with Crippen molar-refractivity contribution in [3.8, 4) is 0 Å². The van der Waals surface area contributed by atoms with E-state index in [1.807, 2.05) is 0 Å². The SMILES string of the molecule is CCCC1CCCN(CCCN2c3ccccc3CCc3ccccc32)C1. The zero-order valence-corrected chi connectivity index (χ0v) is 16.9. The minimum atomic E-state index is 0.934. The number of para-hydroxylation sites is 2. The highest BCUT2D eigenvalue weighted by Gasteiger charge is 2.22. The molecule has 0 aliphatic carbocycles. The third kappa shape index (κ3) is 4.38. The predicted octanol–water partition coefficient (Wildman–Crippen LogP) is 5.83. The molecule has 0 saturated carbocycles. The van der Waals surface area contributed by atoms with Gasteiger partial charge in [0.15, 0.2) is 0 Å². The summed E-state index contributed by atoms with van der Waals surface area (Å²) in [5.74, 6) is 0.934. The smallest absolute Gasteiger partial charge is 0.0443 e. The summed E-state index contributed by atoms with van der Waals surface area (Å²) >= 11 is 0. The summed E-state index contributed by atoms with van der Waals surface area (Å²) in [7, 11) is 0. The van der Waals surface area contributed by atoms with E-state index in [0.717, 1.165) is 25.3 Å². The highest BCUT2D eigenvalue weighted by atomic mass is 15.2. The van der Waals surface area contributed by atoms with Gasteiger partial charge in [0.05, 0.1) is 0 Å². The number of rotatable bonds is 6. The van der Waals surface area contributed by atoms with E-state index < -0.39 is 0 Å². The maximum atomic E-state index is 2.72. The van der Waals surface area contributed by atoms with Crippen molar-refractivity contribution in [2.45, 2.75) is 51.9 Å². The monoisotopic (exact) mass is 362 g/mol. The average molecular weight is 363 g/mol. The Hall–Kier alpha value is -1.80. The lowest BCUT2D eigenvalue weighted by Crippen LogP contribution is -2.37. The van der Waals surface area contributed by atoms with Gasteiger partial charge in [0.25, 0.3) is 0 Å².